The molecule has 0 amide bonds. The molecule has 3 aliphatic rings. The van der Waals surface area contributed by atoms with Crippen LogP contribution in [0.1, 0.15) is 6.42 Å². The molecule has 0 fully saturated rings. The fourth-order valence-corrected chi connectivity index (χ4v) is 1.75. The largest absolute Gasteiger partial charge is 0.369 e. The first-order chi connectivity index (χ1) is 5.86. The van der Waals surface area contributed by atoms with E-state index in [2.05, 4.69) is 0 Å². The van der Waals surface area contributed by atoms with Gasteiger partial charge in [-0.2, -0.15) is 0 Å². The topological polar surface area (TPSA) is 26.3 Å². The summed E-state index contributed by atoms with van der Waals surface area (Å²) in [5.41, 5.74) is 2.82. The van der Waals surface area contributed by atoms with Gasteiger partial charge in [0, 0.05) is 11.1 Å². The second-order valence-corrected chi connectivity index (χ2v) is 3.25. The van der Waals surface area contributed by atoms with Crippen molar-refractivity contribution in [3.8, 4) is 0 Å². The third kappa shape index (κ3) is 0.703. The SMILES string of the molecule is O=C1C2=CC2=CC2OCCC=C12. The molecule has 1 heterocycles. The van der Waals surface area contributed by atoms with Gasteiger partial charge < -0.3 is 4.74 Å². The summed E-state index contributed by atoms with van der Waals surface area (Å²) in [6.45, 7) is 0.737. The molecule has 12 heavy (non-hydrogen) atoms. The van der Waals surface area contributed by atoms with Gasteiger partial charge in [0.1, 0.15) is 6.10 Å². The number of hydrogen-bond donors (Lipinski definition) is 0. The quantitative estimate of drug-likeness (QED) is 0.531. The lowest BCUT2D eigenvalue weighted by atomic mass is 9.94. The highest BCUT2D eigenvalue weighted by atomic mass is 16.5. The van der Waals surface area contributed by atoms with Crippen LogP contribution in [-0.4, -0.2) is 18.5 Å². The normalized spacial score (nSPS) is 31.2. The van der Waals surface area contributed by atoms with Gasteiger partial charge in [-0.25, -0.2) is 0 Å². The van der Waals surface area contributed by atoms with E-state index >= 15 is 0 Å². The van der Waals surface area contributed by atoms with E-state index in [4.69, 9.17) is 4.74 Å². The van der Waals surface area contributed by atoms with Crippen LogP contribution in [-0.2, 0) is 9.53 Å². The average molecular weight is 160 g/mol. The van der Waals surface area contributed by atoms with Crippen molar-refractivity contribution >= 4 is 5.78 Å². The van der Waals surface area contributed by atoms with Crippen LogP contribution in [0.5, 0.6) is 0 Å². The molecule has 60 valence electrons. The summed E-state index contributed by atoms with van der Waals surface area (Å²) in [5.74, 6) is 0.178. The number of ether oxygens (including phenoxy) is 1. The molecular formula is C10H8O2. The fraction of sp³-hybridized carbons (Fsp3) is 0.300. The Labute approximate surface area is 70.2 Å². The molecule has 2 aliphatic carbocycles. The van der Waals surface area contributed by atoms with Gasteiger partial charge in [0.15, 0.2) is 5.78 Å². The summed E-state index contributed by atoms with van der Waals surface area (Å²) in [7, 11) is 0. The number of hydrogen-bond acceptors (Lipinski definition) is 2. The smallest absolute Gasteiger partial charge is 0.192 e. The molecule has 0 aromatic carbocycles. The zero-order valence-electron chi connectivity index (χ0n) is 6.54. The van der Waals surface area contributed by atoms with Gasteiger partial charge in [-0.05, 0) is 24.1 Å². The highest BCUT2D eigenvalue weighted by Crippen LogP contribution is 2.39. The van der Waals surface area contributed by atoms with Gasteiger partial charge in [-0.15, -0.1) is 0 Å². The molecule has 1 aliphatic heterocycles. The van der Waals surface area contributed by atoms with Crippen LogP contribution in [0.4, 0.5) is 0 Å². The monoisotopic (exact) mass is 160 g/mol. The van der Waals surface area contributed by atoms with E-state index in [0.29, 0.717) is 0 Å². The molecule has 0 saturated carbocycles. The molecule has 1 unspecified atom stereocenters. The highest BCUT2D eigenvalue weighted by molar-refractivity contribution is 6.18. The first-order valence-electron chi connectivity index (χ1n) is 4.16. The maximum Gasteiger partial charge on any atom is 0.192 e. The van der Waals surface area contributed by atoms with E-state index in [0.717, 1.165) is 29.7 Å². The molecular weight excluding hydrogens is 152 g/mol. The molecule has 1 atom stereocenters. The summed E-state index contributed by atoms with van der Waals surface area (Å²) in [6, 6.07) is 0. The molecule has 2 nitrogen and oxygen atoms in total. The van der Waals surface area contributed by atoms with E-state index in [1.165, 1.54) is 0 Å². The minimum absolute atomic E-state index is 0.0521. The second kappa shape index (κ2) is 1.96. The minimum atomic E-state index is -0.0521. The van der Waals surface area contributed by atoms with Crippen molar-refractivity contribution in [1.82, 2.24) is 0 Å². The second-order valence-electron chi connectivity index (χ2n) is 3.25. The van der Waals surface area contributed by atoms with Crippen LogP contribution in [0.15, 0.2) is 34.9 Å². The summed E-state index contributed by atoms with van der Waals surface area (Å²) in [4.78, 5) is 11.5. The Balaban J connectivity index is 2.10. The minimum Gasteiger partial charge on any atom is -0.369 e. The lowest BCUT2D eigenvalue weighted by Crippen LogP contribution is -2.26. The Morgan fingerprint density at radius 3 is 3.33 bits per heavy atom. The molecule has 0 spiro atoms. The van der Waals surface area contributed by atoms with Crippen molar-refractivity contribution in [2.45, 2.75) is 12.5 Å². The maximum absolute atomic E-state index is 11.5. The number of allylic oxidation sites excluding steroid dienone is 3. The summed E-state index contributed by atoms with van der Waals surface area (Å²) in [6.07, 6.45) is 6.77. The number of fused-ring (bicyclic) bond motifs is 2. The van der Waals surface area contributed by atoms with E-state index < -0.39 is 0 Å². The Morgan fingerprint density at radius 2 is 2.42 bits per heavy atom. The van der Waals surface area contributed by atoms with Crippen molar-refractivity contribution < 1.29 is 9.53 Å². The molecule has 0 N–H and O–H groups in total. The van der Waals surface area contributed by atoms with Gasteiger partial charge in [0.05, 0.1) is 6.61 Å². The van der Waals surface area contributed by atoms with Gasteiger partial charge >= 0.3 is 0 Å². The van der Waals surface area contributed by atoms with Gasteiger partial charge in [-0.1, -0.05) is 6.08 Å². The first kappa shape index (κ1) is 6.38. The van der Waals surface area contributed by atoms with Gasteiger partial charge in [0.25, 0.3) is 0 Å². The summed E-state index contributed by atoms with van der Waals surface area (Å²) >= 11 is 0. The van der Waals surface area contributed by atoms with E-state index in [1.54, 1.807) is 0 Å². The van der Waals surface area contributed by atoms with Crippen LogP contribution in [0.25, 0.3) is 0 Å². The number of rotatable bonds is 0. The van der Waals surface area contributed by atoms with Gasteiger partial charge in [0.2, 0.25) is 0 Å². The lowest BCUT2D eigenvalue weighted by Gasteiger charge is -2.22. The Morgan fingerprint density at radius 1 is 1.50 bits per heavy atom. The van der Waals surface area contributed by atoms with Crippen LogP contribution in [0.2, 0.25) is 0 Å². The van der Waals surface area contributed by atoms with Crippen LogP contribution in [0.3, 0.4) is 0 Å². The predicted octanol–water partition coefficient (Wildman–Crippen LogP) is 1.15. The Bertz CT molecular complexity index is 358. The van der Waals surface area contributed by atoms with Crippen molar-refractivity contribution in [3.63, 3.8) is 0 Å². The maximum atomic E-state index is 11.5. The standard InChI is InChI=1S/C10H8O2/c11-10-7-2-1-3-12-9(7)5-6-4-8(6)10/h2,4-5,9H,1,3H2. The van der Waals surface area contributed by atoms with Crippen LogP contribution >= 0.6 is 0 Å². The first-order valence-corrected chi connectivity index (χ1v) is 4.16. The molecule has 2 heteroatoms. The van der Waals surface area contributed by atoms with Crippen LogP contribution in [0, 0.1) is 0 Å². The van der Waals surface area contributed by atoms with Crippen LogP contribution < -0.4 is 0 Å². The molecule has 0 radical (unpaired) electrons. The average Bonchev–Trinajstić information content (AvgIpc) is 2.84. The molecule has 0 saturated heterocycles. The predicted molar refractivity (Wildman–Crippen MR) is 43.6 cm³/mol. The van der Waals surface area contributed by atoms with E-state index in [9.17, 15) is 4.79 Å². The zero-order chi connectivity index (χ0) is 8.13. The summed E-state index contributed by atoms with van der Waals surface area (Å²) < 4.78 is 5.45. The number of carbonyl (C=O) groups is 1. The Kier molecular flexibility index (Phi) is 1.04. The molecule has 0 aromatic heterocycles. The fourth-order valence-electron chi connectivity index (χ4n) is 1.75. The Hall–Kier alpha value is -1.15. The zero-order valence-corrected chi connectivity index (χ0v) is 6.54. The molecule has 0 bridgehead atoms. The lowest BCUT2D eigenvalue weighted by molar-refractivity contribution is -0.113. The highest BCUT2D eigenvalue weighted by Gasteiger charge is 2.36. The van der Waals surface area contributed by atoms with Crippen molar-refractivity contribution in [3.05, 3.63) is 34.9 Å². The van der Waals surface area contributed by atoms with E-state index in [1.807, 2.05) is 18.2 Å². The van der Waals surface area contributed by atoms with Crippen molar-refractivity contribution in [1.29, 1.82) is 0 Å². The molecule has 0 aromatic rings. The van der Waals surface area contributed by atoms with Crippen molar-refractivity contribution in [2.24, 2.45) is 0 Å². The third-order valence-electron chi connectivity index (χ3n) is 2.45. The number of ketones is 1. The third-order valence-corrected chi connectivity index (χ3v) is 2.45. The van der Waals surface area contributed by atoms with Crippen molar-refractivity contribution in [2.75, 3.05) is 6.61 Å². The number of carbonyl (C=O) groups excluding carboxylic acids is 1. The van der Waals surface area contributed by atoms with E-state index in [-0.39, 0.29) is 11.9 Å². The molecule has 3 rings (SSSR count). The summed E-state index contributed by atoms with van der Waals surface area (Å²) in [5, 5.41) is 0. The number of Topliss-reactive ketones (excluding diaryl/α,β-unsaturated/α-hetero) is 1. The van der Waals surface area contributed by atoms with Gasteiger partial charge in [-0.3, -0.25) is 4.79 Å².